The molecule has 3 heterocycles. The number of ether oxygens (including phenoxy) is 1. The third-order valence-electron chi connectivity index (χ3n) is 3.18. The molecule has 2 aromatic rings. The Morgan fingerprint density at radius 3 is 2.74 bits per heavy atom. The minimum Gasteiger partial charge on any atom is -0.394 e. The minimum absolute atomic E-state index is 0.218. The summed E-state index contributed by atoms with van der Waals surface area (Å²) in [4.78, 5) is 11.9. The van der Waals surface area contributed by atoms with Crippen molar-refractivity contribution in [3.8, 4) is 0 Å². The van der Waals surface area contributed by atoms with Gasteiger partial charge in [0.2, 0.25) is 0 Å². The van der Waals surface area contributed by atoms with E-state index in [1.165, 1.54) is 17.2 Å². The van der Waals surface area contributed by atoms with Crippen molar-refractivity contribution >= 4 is 17.0 Å². The number of hydrogen-bond donors (Lipinski definition) is 4. The van der Waals surface area contributed by atoms with E-state index in [4.69, 9.17) is 15.6 Å². The second kappa shape index (κ2) is 4.38. The molecule has 0 amide bonds. The molecular weight excluding hydrogens is 259 g/mol. The highest BCUT2D eigenvalue weighted by molar-refractivity contribution is 5.81. The van der Waals surface area contributed by atoms with Gasteiger partial charge in [0.15, 0.2) is 17.7 Å². The molecule has 1 fully saturated rings. The normalized spacial score (nSPS) is 31.1. The number of hydrogen-bond acceptors (Lipinski definition) is 8. The van der Waals surface area contributed by atoms with E-state index in [1.807, 2.05) is 0 Å². The van der Waals surface area contributed by atoms with Gasteiger partial charge in [-0.15, -0.1) is 0 Å². The van der Waals surface area contributed by atoms with Gasteiger partial charge in [-0.05, 0) is 0 Å². The molecule has 0 saturated carbocycles. The van der Waals surface area contributed by atoms with Gasteiger partial charge in [0.25, 0.3) is 0 Å². The number of aliphatic hydroxyl groups excluding tert-OH is 3. The topological polar surface area (TPSA) is 140 Å². The average Bonchev–Trinajstić information content (AvgIpc) is 2.94. The van der Waals surface area contributed by atoms with Gasteiger partial charge in [-0.3, -0.25) is 4.57 Å². The van der Waals surface area contributed by atoms with Crippen molar-refractivity contribution < 1.29 is 20.1 Å². The summed E-state index contributed by atoms with van der Waals surface area (Å²) in [5.74, 6) is 0.218. The molecule has 5 N–H and O–H groups in total. The molecular formula is C10H13N5O4. The molecule has 3 rings (SSSR count). The zero-order valence-electron chi connectivity index (χ0n) is 9.79. The molecule has 1 aliphatic heterocycles. The molecule has 19 heavy (non-hydrogen) atoms. The summed E-state index contributed by atoms with van der Waals surface area (Å²) < 4.78 is 6.85. The summed E-state index contributed by atoms with van der Waals surface area (Å²) in [6.45, 7) is -0.390. The van der Waals surface area contributed by atoms with E-state index in [-0.39, 0.29) is 5.82 Å². The molecule has 0 radical (unpaired) electrons. The van der Waals surface area contributed by atoms with E-state index >= 15 is 0 Å². The van der Waals surface area contributed by atoms with Crippen LogP contribution < -0.4 is 5.73 Å². The SMILES string of the molecule is [15NH2]c1[15n]c[15n]c2c1[15n]c[15n]2[C@@H]1O[C@H](CO)C(O)[C@@H]1O. The number of fused-ring (bicyclic) bond motifs is 1. The first kappa shape index (κ1) is 12.2. The molecule has 9 heteroatoms. The van der Waals surface area contributed by atoms with Gasteiger partial charge in [0.1, 0.15) is 30.2 Å². The van der Waals surface area contributed by atoms with Crippen molar-refractivity contribution in [2.24, 2.45) is 0 Å². The molecule has 1 saturated heterocycles. The van der Waals surface area contributed by atoms with E-state index in [0.717, 1.165) is 0 Å². The number of nitrogens with two attached hydrogens (primary N) is 1. The Labute approximate surface area is 107 Å². The van der Waals surface area contributed by atoms with Crippen LogP contribution in [0.15, 0.2) is 12.7 Å². The lowest BCUT2D eigenvalue weighted by Gasteiger charge is -2.16. The van der Waals surface area contributed by atoms with Crippen LogP contribution in [0.4, 0.5) is 5.82 Å². The van der Waals surface area contributed by atoms with Crippen molar-refractivity contribution in [2.45, 2.75) is 24.5 Å². The summed E-state index contributed by atoms with van der Waals surface area (Å²) in [7, 11) is 0. The second-order valence-corrected chi connectivity index (χ2v) is 4.31. The zero-order valence-corrected chi connectivity index (χ0v) is 9.79. The van der Waals surface area contributed by atoms with E-state index in [2.05, 4.69) is 15.0 Å². The maximum Gasteiger partial charge on any atom is 0.167 e. The summed E-state index contributed by atoms with van der Waals surface area (Å²) in [6.07, 6.45) is -1.42. The first-order chi connectivity index (χ1) is 9.13. The average molecular weight is 272 g/mol. The fourth-order valence-electron chi connectivity index (χ4n) is 2.17. The van der Waals surface area contributed by atoms with E-state index < -0.39 is 31.1 Å². The predicted octanol–water partition coefficient (Wildman–Crippen LogP) is -1.98. The van der Waals surface area contributed by atoms with Gasteiger partial charge in [-0.25, -0.2) is 15.0 Å². The fourth-order valence-corrected chi connectivity index (χ4v) is 2.17. The quantitative estimate of drug-likeness (QED) is 0.461. The van der Waals surface area contributed by atoms with Crippen LogP contribution in [0.25, 0.3) is 11.2 Å². The molecule has 102 valence electrons. The zero-order chi connectivity index (χ0) is 13.6. The smallest absolute Gasteiger partial charge is 0.167 e. The first-order valence-corrected chi connectivity index (χ1v) is 5.69. The molecule has 0 aromatic carbocycles. The monoisotopic (exact) mass is 272 g/mol. The van der Waals surface area contributed by atoms with Crippen LogP contribution in [-0.2, 0) is 4.74 Å². The third-order valence-corrected chi connectivity index (χ3v) is 3.18. The molecule has 0 bridgehead atoms. The van der Waals surface area contributed by atoms with Crippen LogP contribution in [0.2, 0.25) is 0 Å². The number of nitrogens with zero attached hydrogens (tertiary/aromatic N) is 4. The lowest BCUT2D eigenvalue weighted by Crippen LogP contribution is -2.33. The fraction of sp³-hybridized carbons (Fsp3) is 0.500. The maximum atomic E-state index is 9.95. The summed E-state index contributed by atoms with van der Waals surface area (Å²) >= 11 is 0. The first-order valence-electron chi connectivity index (χ1n) is 5.69. The number of rotatable bonds is 2. The molecule has 0 spiro atoms. The number of imidazole rings is 1. The van der Waals surface area contributed by atoms with Gasteiger partial charge in [-0.2, -0.15) is 0 Å². The van der Waals surface area contributed by atoms with E-state index in [9.17, 15) is 10.2 Å². The van der Waals surface area contributed by atoms with Crippen molar-refractivity contribution in [3.63, 3.8) is 0 Å². The summed E-state index contributed by atoms with van der Waals surface area (Å²) in [6, 6.07) is 0. The molecule has 2 aromatic heterocycles. The Kier molecular flexibility index (Phi) is 2.82. The van der Waals surface area contributed by atoms with Crippen molar-refractivity contribution in [2.75, 3.05) is 12.3 Å². The Morgan fingerprint density at radius 2 is 2.05 bits per heavy atom. The third kappa shape index (κ3) is 1.75. The highest BCUT2D eigenvalue weighted by Gasteiger charge is 2.43. The van der Waals surface area contributed by atoms with Crippen molar-refractivity contribution in [1.82, 2.24) is 19.5 Å². The molecule has 4 atom stereocenters. The highest BCUT2D eigenvalue weighted by Crippen LogP contribution is 2.31. The second-order valence-electron chi connectivity index (χ2n) is 4.31. The van der Waals surface area contributed by atoms with E-state index in [1.54, 1.807) is 0 Å². The number of nitrogen functional groups attached to an aromatic ring is 1. The molecule has 1 aliphatic rings. The van der Waals surface area contributed by atoms with Gasteiger partial charge < -0.3 is 25.8 Å². The Hall–Kier alpha value is -1.81. The highest BCUT2D eigenvalue weighted by atomic mass is 16.6. The Morgan fingerprint density at radius 1 is 1.26 bits per heavy atom. The van der Waals surface area contributed by atoms with E-state index in [0.29, 0.717) is 11.2 Å². The lowest BCUT2D eigenvalue weighted by atomic mass is 10.1. The van der Waals surface area contributed by atoms with Crippen LogP contribution in [0.1, 0.15) is 6.23 Å². The van der Waals surface area contributed by atoms with Gasteiger partial charge in [0.05, 0.1) is 12.9 Å². The van der Waals surface area contributed by atoms with Gasteiger partial charge in [0, 0.05) is 0 Å². The Balaban J connectivity index is 2.04. The van der Waals surface area contributed by atoms with Crippen molar-refractivity contribution in [1.29, 1.82) is 0 Å². The van der Waals surface area contributed by atoms with Crippen LogP contribution >= 0.6 is 0 Å². The molecule has 0 aliphatic carbocycles. The lowest BCUT2D eigenvalue weighted by molar-refractivity contribution is -0.0511. The minimum atomic E-state index is -1.19. The molecule has 9 nitrogen and oxygen atoms in total. The maximum absolute atomic E-state index is 9.95. The number of aromatic nitrogens is 4. The number of anilines is 1. The van der Waals surface area contributed by atoms with Crippen LogP contribution in [0.5, 0.6) is 0 Å². The standard InChI is InChI=1S/C10H13N5O4/c11-8-5-9(13-2-12-8)15(3-14-5)10-7(18)6(17)4(1-16)19-10/h2-4,6-7,10,16-18H,1H2,(H2,11,12,13)/t4-,6?,7+,10-/m1/s1/i11+1,12+1,13+1,14+1,15+1. The summed E-state index contributed by atoms with van der Waals surface area (Å²) in [5, 5.41) is 28.7. The predicted molar refractivity (Wildman–Crippen MR) is 62.7 cm³/mol. The van der Waals surface area contributed by atoms with Crippen LogP contribution in [-0.4, -0.2) is 59.8 Å². The van der Waals surface area contributed by atoms with Gasteiger partial charge in [-0.1, -0.05) is 0 Å². The molecule has 1 unspecified atom stereocenters. The number of aliphatic hydroxyl groups is 3. The largest absolute Gasteiger partial charge is 0.394 e. The summed E-state index contributed by atoms with van der Waals surface area (Å²) in [5.41, 5.74) is 6.44. The van der Waals surface area contributed by atoms with Crippen LogP contribution in [0.3, 0.4) is 0 Å². The Bertz CT molecular complexity index is 603. The van der Waals surface area contributed by atoms with Crippen molar-refractivity contribution in [3.05, 3.63) is 12.7 Å². The van der Waals surface area contributed by atoms with Crippen LogP contribution in [0, 0.1) is 0 Å². The van der Waals surface area contributed by atoms with Gasteiger partial charge >= 0.3 is 0 Å².